The Bertz CT molecular complexity index is 1160. The summed E-state index contributed by atoms with van der Waals surface area (Å²) in [7, 11) is 0. The number of nitrogens with one attached hydrogen (secondary N) is 2. The molecule has 0 saturated carbocycles. The maximum atomic E-state index is 13.0. The van der Waals surface area contributed by atoms with Crippen molar-refractivity contribution in [2.75, 3.05) is 13.1 Å². The Morgan fingerprint density at radius 1 is 1.13 bits per heavy atom. The molecule has 3 heterocycles. The predicted molar refractivity (Wildman–Crippen MR) is 116 cm³/mol. The van der Waals surface area contributed by atoms with E-state index in [1.807, 2.05) is 55.3 Å². The Balaban J connectivity index is 1.29. The molecule has 3 aromatic rings. The van der Waals surface area contributed by atoms with E-state index in [1.165, 1.54) is 0 Å². The first-order valence-electron chi connectivity index (χ1n) is 10.6. The van der Waals surface area contributed by atoms with Crippen LogP contribution in [0.3, 0.4) is 0 Å². The number of amides is 2. The van der Waals surface area contributed by atoms with Gasteiger partial charge in [0.25, 0.3) is 11.8 Å². The van der Waals surface area contributed by atoms with Crippen LogP contribution in [-0.4, -0.2) is 46.6 Å². The molecule has 0 radical (unpaired) electrons. The average molecular weight is 419 g/mol. The minimum atomic E-state index is -0.787. The minimum absolute atomic E-state index is 0.00985. The normalized spacial score (nSPS) is 17.4. The lowest BCUT2D eigenvalue weighted by Gasteiger charge is -2.44. The van der Waals surface area contributed by atoms with Gasteiger partial charge in [0.2, 0.25) is 0 Å². The van der Waals surface area contributed by atoms with Gasteiger partial charge in [-0.1, -0.05) is 6.07 Å². The minimum Gasteiger partial charge on any atom is -0.491 e. The van der Waals surface area contributed by atoms with Gasteiger partial charge in [0.15, 0.2) is 5.72 Å². The Morgan fingerprint density at radius 3 is 2.71 bits per heavy atom. The maximum absolute atomic E-state index is 13.0. The van der Waals surface area contributed by atoms with Gasteiger partial charge in [0.1, 0.15) is 11.5 Å². The first-order valence-corrected chi connectivity index (χ1v) is 10.6. The summed E-state index contributed by atoms with van der Waals surface area (Å²) in [4.78, 5) is 30.8. The summed E-state index contributed by atoms with van der Waals surface area (Å²) in [5, 5.41) is 4.11. The standard InChI is InChI=1S/C24H25N3O4/c1-15(2)30-18-5-6-21-19(14-18)22(28)26-24(31-21)8-11-27(12-9-24)23(29)17-4-3-16-7-10-25-20(16)13-17/h3-7,10,13-15,25H,8-9,11-12H2,1-2H3,(H,26,28). The van der Waals surface area contributed by atoms with Gasteiger partial charge in [-0.05, 0) is 55.6 Å². The van der Waals surface area contributed by atoms with Crippen LogP contribution in [0.5, 0.6) is 11.5 Å². The summed E-state index contributed by atoms with van der Waals surface area (Å²) in [6.07, 6.45) is 2.94. The zero-order valence-electron chi connectivity index (χ0n) is 17.6. The van der Waals surface area contributed by atoms with E-state index in [-0.39, 0.29) is 17.9 Å². The molecule has 160 valence electrons. The van der Waals surface area contributed by atoms with E-state index in [0.717, 1.165) is 10.9 Å². The number of H-pyrrole nitrogens is 1. The van der Waals surface area contributed by atoms with Gasteiger partial charge in [0.05, 0.1) is 11.7 Å². The maximum Gasteiger partial charge on any atom is 0.258 e. The van der Waals surface area contributed by atoms with Crippen molar-refractivity contribution in [1.82, 2.24) is 15.2 Å². The summed E-state index contributed by atoms with van der Waals surface area (Å²) >= 11 is 0. The van der Waals surface area contributed by atoms with Crippen molar-refractivity contribution in [3.63, 3.8) is 0 Å². The fourth-order valence-electron chi connectivity index (χ4n) is 4.29. The molecule has 7 heteroatoms. The van der Waals surface area contributed by atoms with Gasteiger partial charge in [0, 0.05) is 43.2 Å². The van der Waals surface area contributed by atoms with E-state index in [0.29, 0.717) is 48.6 Å². The van der Waals surface area contributed by atoms with Crippen LogP contribution in [0.2, 0.25) is 0 Å². The number of carbonyl (C=O) groups excluding carboxylic acids is 2. The fraction of sp³-hybridized carbons (Fsp3) is 0.333. The topological polar surface area (TPSA) is 83.7 Å². The number of rotatable bonds is 3. The number of piperidine rings is 1. The molecule has 2 N–H and O–H groups in total. The van der Waals surface area contributed by atoms with Crippen LogP contribution in [0, 0.1) is 0 Å². The van der Waals surface area contributed by atoms with Crippen LogP contribution >= 0.6 is 0 Å². The summed E-state index contributed by atoms with van der Waals surface area (Å²) in [6, 6.07) is 13.0. The summed E-state index contributed by atoms with van der Waals surface area (Å²) in [5.41, 5.74) is 1.29. The van der Waals surface area contributed by atoms with E-state index in [1.54, 1.807) is 12.1 Å². The number of nitrogens with zero attached hydrogens (tertiary/aromatic N) is 1. The number of benzene rings is 2. The number of aromatic amines is 1. The van der Waals surface area contributed by atoms with Gasteiger partial charge in [-0.15, -0.1) is 0 Å². The monoisotopic (exact) mass is 419 g/mol. The van der Waals surface area contributed by atoms with Gasteiger partial charge in [-0.2, -0.15) is 0 Å². The van der Waals surface area contributed by atoms with Crippen molar-refractivity contribution in [1.29, 1.82) is 0 Å². The highest BCUT2D eigenvalue weighted by Crippen LogP contribution is 2.35. The second-order valence-electron chi connectivity index (χ2n) is 8.45. The second-order valence-corrected chi connectivity index (χ2v) is 8.45. The molecule has 0 atom stereocenters. The van der Waals surface area contributed by atoms with Crippen LogP contribution in [0.15, 0.2) is 48.7 Å². The number of ether oxygens (including phenoxy) is 2. The first kappa shape index (κ1) is 19.5. The molecule has 0 unspecified atom stereocenters. The lowest BCUT2D eigenvalue weighted by molar-refractivity contribution is -0.0246. The highest BCUT2D eigenvalue weighted by molar-refractivity contribution is 5.99. The second kappa shape index (κ2) is 7.34. The smallest absolute Gasteiger partial charge is 0.258 e. The highest BCUT2D eigenvalue weighted by atomic mass is 16.5. The molecule has 0 bridgehead atoms. The molecule has 5 rings (SSSR count). The third-order valence-electron chi connectivity index (χ3n) is 5.87. The van der Waals surface area contributed by atoms with Crippen LogP contribution < -0.4 is 14.8 Å². The van der Waals surface area contributed by atoms with Gasteiger partial charge >= 0.3 is 0 Å². The van der Waals surface area contributed by atoms with Crippen LogP contribution in [0.4, 0.5) is 0 Å². The number of fused-ring (bicyclic) bond motifs is 2. The SMILES string of the molecule is CC(C)Oc1ccc2c(c1)C(=O)NC1(CCN(C(=O)c3ccc4cc[nH]c4c3)CC1)O2. The third-order valence-corrected chi connectivity index (χ3v) is 5.87. The lowest BCUT2D eigenvalue weighted by Crippen LogP contribution is -2.61. The molecule has 2 aliphatic rings. The largest absolute Gasteiger partial charge is 0.491 e. The van der Waals surface area contributed by atoms with Crippen LogP contribution in [0.1, 0.15) is 47.4 Å². The highest BCUT2D eigenvalue weighted by Gasteiger charge is 2.43. The Hall–Kier alpha value is -3.48. The predicted octanol–water partition coefficient (Wildman–Crippen LogP) is 3.71. The fourth-order valence-corrected chi connectivity index (χ4v) is 4.29. The third kappa shape index (κ3) is 3.60. The molecule has 0 aliphatic carbocycles. The van der Waals surface area contributed by atoms with E-state index in [2.05, 4.69) is 10.3 Å². The van der Waals surface area contributed by atoms with Crippen molar-refractivity contribution < 1.29 is 19.1 Å². The molecule has 2 aliphatic heterocycles. The molecule has 7 nitrogen and oxygen atoms in total. The zero-order valence-corrected chi connectivity index (χ0v) is 17.6. The molecule has 1 fully saturated rings. The summed E-state index contributed by atoms with van der Waals surface area (Å²) in [5.74, 6) is 1.01. The lowest BCUT2D eigenvalue weighted by atomic mass is 9.96. The molecular formula is C24H25N3O4. The molecule has 1 spiro atoms. The van der Waals surface area contributed by atoms with Crippen molar-refractivity contribution in [2.45, 2.75) is 38.5 Å². The molecule has 1 aromatic heterocycles. The number of carbonyl (C=O) groups is 2. The molecule has 2 amide bonds. The van der Waals surface area contributed by atoms with Crippen molar-refractivity contribution in [2.24, 2.45) is 0 Å². The molecule has 31 heavy (non-hydrogen) atoms. The van der Waals surface area contributed by atoms with E-state index < -0.39 is 5.72 Å². The van der Waals surface area contributed by atoms with Crippen LogP contribution in [0.25, 0.3) is 10.9 Å². The molecular weight excluding hydrogens is 394 g/mol. The quantitative estimate of drug-likeness (QED) is 0.678. The number of hydrogen-bond acceptors (Lipinski definition) is 4. The number of likely N-dealkylation sites (tertiary alicyclic amines) is 1. The van der Waals surface area contributed by atoms with Gasteiger partial charge in [-0.25, -0.2) is 0 Å². The summed E-state index contributed by atoms with van der Waals surface area (Å²) in [6.45, 7) is 4.89. The Kier molecular flexibility index (Phi) is 4.61. The summed E-state index contributed by atoms with van der Waals surface area (Å²) < 4.78 is 11.9. The van der Waals surface area contributed by atoms with Gasteiger partial charge in [-0.3, -0.25) is 9.59 Å². The van der Waals surface area contributed by atoms with Gasteiger partial charge < -0.3 is 24.7 Å². The Morgan fingerprint density at radius 2 is 1.94 bits per heavy atom. The zero-order chi connectivity index (χ0) is 21.6. The Labute approximate surface area is 180 Å². The molecule has 2 aromatic carbocycles. The van der Waals surface area contributed by atoms with E-state index in [4.69, 9.17) is 9.47 Å². The number of aromatic nitrogens is 1. The van der Waals surface area contributed by atoms with Crippen molar-refractivity contribution in [3.8, 4) is 11.5 Å². The number of hydrogen-bond donors (Lipinski definition) is 2. The first-order chi connectivity index (χ1) is 14.9. The van der Waals surface area contributed by atoms with Crippen molar-refractivity contribution in [3.05, 3.63) is 59.8 Å². The average Bonchev–Trinajstić information content (AvgIpc) is 3.22. The van der Waals surface area contributed by atoms with E-state index in [9.17, 15) is 9.59 Å². The van der Waals surface area contributed by atoms with Crippen molar-refractivity contribution >= 4 is 22.7 Å². The van der Waals surface area contributed by atoms with E-state index >= 15 is 0 Å². The van der Waals surface area contributed by atoms with Crippen LogP contribution in [-0.2, 0) is 0 Å². The molecule has 1 saturated heterocycles.